The maximum atomic E-state index is 9.90. The SMILES string of the molecule is CCC(CC(CN)CO)c1cc(C)ccc1O. The minimum absolute atomic E-state index is 0.111. The van der Waals surface area contributed by atoms with Gasteiger partial charge in [-0.1, -0.05) is 24.6 Å². The number of phenolic OH excluding ortho intramolecular Hbond substituents is 1. The van der Waals surface area contributed by atoms with Crippen molar-refractivity contribution in [2.75, 3.05) is 13.2 Å². The zero-order chi connectivity index (χ0) is 12.8. The van der Waals surface area contributed by atoms with E-state index in [2.05, 4.69) is 6.92 Å². The zero-order valence-electron chi connectivity index (χ0n) is 10.7. The Morgan fingerprint density at radius 3 is 2.59 bits per heavy atom. The van der Waals surface area contributed by atoms with E-state index in [-0.39, 0.29) is 18.4 Å². The Balaban J connectivity index is 2.89. The molecule has 0 saturated heterocycles. The second-order valence-corrected chi connectivity index (χ2v) is 4.69. The lowest BCUT2D eigenvalue weighted by atomic mass is 9.86. The number of aliphatic hydroxyl groups is 1. The number of aryl methyl sites for hydroxylation is 1. The predicted octanol–water partition coefficient (Wildman–Crippen LogP) is 2.15. The molecule has 96 valence electrons. The van der Waals surface area contributed by atoms with Gasteiger partial charge in [0, 0.05) is 6.61 Å². The van der Waals surface area contributed by atoms with E-state index in [4.69, 9.17) is 5.73 Å². The largest absolute Gasteiger partial charge is 0.508 e. The number of hydrogen-bond donors (Lipinski definition) is 3. The highest BCUT2D eigenvalue weighted by Gasteiger charge is 2.18. The van der Waals surface area contributed by atoms with E-state index in [0.29, 0.717) is 12.3 Å². The van der Waals surface area contributed by atoms with Gasteiger partial charge >= 0.3 is 0 Å². The molecule has 4 N–H and O–H groups in total. The Labute approximate surface area is 103 Å². The van der Waals surface area contributed by atoms with Gasteiger partial charge in [-0.3, -0.25) is 0 Å². The van der Waals surface area contributed by atoms with Crippen molar-refractivity contribution in [2.45, 2.75) is 32.6 Å². The average Bonchev–Trinajstić information content (AvgIpc) is 2.34. The van der Waals surface area contributed by atoms with E-state index in [9.17, 15) is 10.2 Å². The third-order valence-electron chi connectivity index (χ3n) is 3.33. The van der Waals surface area contributed by atoms with Crippen LogP contribution in [0.1, 0.15) is 36.8 Å². The number of hydrogen-bond acceptors (Lipinski definition) is 3. The summed E-state index contributed by atoms with van der Waals surface area (Å²) in [5.41, 5.74) is 7.72. The molecule has 17 heavy (non-hydrogen) atoms. The smallest absolute Gasteiger partial charge is 0.119 e. The molecule has 0 spiro atoms. The molecule has 1 aromatic rings. The summed E-state index contributed by atoms with van der Waals surface area (Å²) >= 11 is 0. The first-order chi connectivity index (χ1) is 8.12. The topological polar surface area (TPSA) is 66.5 Å². The molecule has 0 aromatic heterocycles. The zero-order valence-corrected chi connectivity index (χ0v) is 10.7. The lowest BCUT2D eigenvalue weighted by Crippen LogP contribution is -2.20. The molecular weight excluding hydrogens is 214 g/mol. The molecule has 0 fully saturated rings. The van der Waals surface area contributed by atoms with Gasteiger partial charge in [0.2, 0.25) is 0 Å². The molecule has 1 rings (SSSR count). The summed E-state index contributed by atoms with van der Waals surface area (Å²) in [6.45, 7) is 4.71. The van der Waals surface area contributed by atoms with Gasteiger partial charge in [-0.25, -0.2) is 0 Å². The molecule has 0 amide bonds. The van der Waals surface area contributed by atoms with Crippen molar-refractivity contribution in [3.8, 4) is 5.75 Å². The maximum absolute atomic E-state index is 9.90. The molecular formula is C14H23NO2. The third kappa shape index (κ3) is 3.72. The van der Waals surface area contributed by atoms with Crippen LogP contribution in [-0.2, 0) is 0 Å². The molecule has 0 aliphatic heterocycles. The van der Waals surface area contributed by atoms with Crippen molar-refractivity contribution >= 4 is 0 Å². The van der Waals surface area contributed by atoms with Crippen molar-refractivity contribution in [1.82, 2.24) is 0 Å². The van der Waals surface area contributed by atoms with Crippen LogP contribution in [-0.4, -0.2) is 23.4 Å². The summed E-state index contributed by atoms with van der Waals surface area (Å²) in [7, 11) is 0. The third-order valence-corrected chi connectivity index (χ3v) is 3.33. The Hall–Kier alpha value is -1.06. The van der Waals surface area contributed by atoms with Gasteiger partial charge < -0.3 is 15.9 Å². The fraction of sp³-hybridized carbons (Fsp3) is 0.571. The van der Waals surface area contributed by atoms with E-state index in [0.717, 1.165) is 24.0 Å². The number of aromatic hydroxyl groups is 1. The fourth-order valence-electron chi connectivity index (χ4n) is 2.16. The minimum Gasteiger partial charge on any atom is -0.508 e. The average molecular weight is 237 g/mol. The molecule has 1 aromatic carbocycles. The van der Waals surface area contributed by atoms with Crippen LogP contribution in [0.15, 0.2) is 18.2 Å². The molecule has 0 aliphatic rings. The molecule has 0 heterocycles. The number of phenols is 1. The number of benzene rings is 1. The van der Waals surface area contributed by atoms with Crippen LogP contribution in [0.3, 0.4) is 0 Å². The van der Waals surface area contributed by atoms with Crippen molar-refractivity contribution in [1.29, 1.82) is 0 Å². The summed E-state index contributed by atoms with van der Waals surface area (Å²) in [4.78, 5) is 0. The number of nitrogens with two attached hydrogens (primary N) is 1. The first-order valence-corrected chi connectivity index (χ1v) is 6.22. The van der Waals surface area contributed by atoms with E-state index < -0.39 is 0 Å². The molecule has 0 saturated carbocycles. The van der Waals surface area contributed by atoms with Crippen LogP contribution in [0.4, 0.5) is 0 Å². The highest BCUT2D eigenvalue weighted by Crippen LogP contribution is 2.33. The Kier molecular flexibility index (Phi) is 5.45. The van der Waals surface area contributed by atoms with E-state index in [1.807, 2.05) is 19.1 Å². The Bertz CT molecular complexity index is 348. The highest BCUT2D eigenvalue weighted by molar-refractivity contribution is 5.38. The quantitative estimate of drug-likeness (QED) is 0.710. The first kappa shape index (κ1) is 14.0. The summed E-state index contributed by atoms with van der Waals surface area (Å²) < 4.78 is 0. The molecule has 0 bridgehead atoms. The van der Waals surface area contributed by atoms with Gasteiger partial charge in [0.05, 0.1) is 0 Å². The summed E-state index contributed by atoms with van der Waals surface area (Å²) in [5, 5.41) is 19.1. The van der Waals surface area contributed by atoms with Gasteiger partial charge in [-0.2, -0.15) is 0 Å². The maximum Gasteiger partial charge on any atom is 0.119 e. The van der Waals surface area contributed by atoms with Crippen LogP contribution in [0.2, 0.25) is 0 Å². The van der Waals surface area contributed by atoms with E-state index >= 15 is 0 Å². The monoisotopic (exact) mass is 237 g/mol. The van der Waals surface area contributed by atoms with Gasteiger partial charge in [0.1, 0.15) is 5.75 Å². The molecule has 2 atom stereocenters. The standard InChI is InChI=1S/C14H23NO2/c1-3-12(7-11(8-15)9-16)13-6-10(2)4-5-14(13)17/h4-6,11-12,16-17H,3,7-9,15H2,1-2H3. The van der Waals surface area contributed by atoms with Crippen molar-refractivity contribution in [3.63, 3.8) is 0 Å². The summed E-state index contributed by atoms with van der Waals surface area (Å²) in [5.74, 6) is 0.714. The summed E-state index contributed by atoms with van der Waals surface area (Å²) in [6.07, 6.45) is 1.76. The first-order valence-electron chi connectivity index (χ1n) is 6.22. The second kappa shape index (κ2) is 6.62. The number of rotatable bonds is 6. The molecule has 0 aliphatic carbocycles. The number of aliphatic hydroxyl groups excluding tert-OH is 1. The summed E-state index contributed by atoms with van der Waals surface area (Å²) in [6, 6.07) is 5.66. The van der Waals surface area contributed by atoms with Crippen LogP contribution >= 0.6 is 0 Å². The van der Waals surface area contributed by atoms with Crippen LogP contribution in [0, 0.1) is 12.8 Å². The molecule has 3 nitrogen and oxygen atoms in total. The van der Waals surface area contributed by atoms with E-state index in [1.54, 1.807) is 6.07 Å². The minimum atomic E-state index is 0.111. The molecule has 2 unspecified atom stereocenters. The van der Waals surface area contributed by atoms with Crippen LogP contribution in [0.25, 0.3) is 0 Å². The lowest BCUT2D eigenvalue weighted by Gasteiger charge is -2.21. The Morgan fingerprint density at radius 1 is 1.35 bits per heavy atom. The van der Waals surface area contributed by atoms with Crippen molar-refractivity contribution in [2.24, 2.45) is 11.7 Å². The van der Waals surface area contributed by atoms with Crippen molar-refractivity contribution in [3.05, 3.63) is 29.3 Å². The predicted molar refractivity (Wildman–Crippen MR) is 70.1 cm³/mol. The molecule has 3 heteroatoms. The van der Waals surface area contributed by atoms with Crippen LogP contribution < -0.4 is 5.73 Å². The normalized spacial score (nSPS) is 14.6. The highest BCUT2D eigenvalue weighted by atomic mass is 16.3. The van der Waals surface area contributed by atoms with Gasteiger partial charge in [0.15, 0.2) is 0 Å². The van der Waals surface area contributed by atoms with Gasteiger partial charge in [0.25, 0.3) is 0 Å². The van der Waals surface area contributed by atoms with Gasteiger partial charge in [-0.15, -0.1) is 0 Å². The van der Waals surface area contributed by atoms with E-state index in [1.165, 1.54) is 0 Å². The second-order valence-electron chi connectivity index (χ2n) is 4.69. The van der Waals surface area contributed by atoms with Crippen LogP contribution in [0.5, 0.6) is 5.75 Å². The lowest BCUT2D eigenvalue weighted by molar-refractivity contribution is 0.214. The fourth-order valence-corrected chi connectivity index (χ4v) is 2.16. The van der Waals surface area contributed by atoms with Gasteiger partial charge in [-0.05, 0) is 49.8 Å². The molecule has 0 radical (unpaired) electrons. The van der Waals surface area contributed by atoms with Crippen molar-refractivity contribution < 1.29 is 10.2 Å². The Morgan fingerprint density at radius 2 is 2.06 bits per heavy atom.